The number of carbonyl (C=O) groups excluding carboxylic acids is 2. The van der Waals surface area contributed by atoms with Gasteiger partial charge >= 0.3 is 5.97 Å². The summed E-state index contributed by atoms with van der Waals surface area (Å²) in [5, 5.41) is 0.376. The molecule has 25 heavy (non-hydrogen) atoms. The molecule has 0 N–H and O–H groups in total. The first-order chi connectivity index (χ1) is 12.0. The molecule has 134 valence electrons. The molecule has 0 atom stereocenters. The fourth-order valence-corrected chi connectivity index (χ4v) is 5.72. The number of benzene rings is 1. The van der Waals surface area contributed by atoms with Gasteiger partial charge in [0.1, 0.15) is 5.75 Å². The summed E-state index contributed by atoms with van der Waals surface area (Å²) in [6.45, 7) is -0.218. The molecule has 4 aliphatic carbocycles. The average molecular weight is 363 g/mol. The van der Waals surface area contributed by atoms with E-state index in [-0.39, 0.29) is 24.3 Å². The zero-order valence-corrected chi connectivity index (χ0v) is 15.1. The standard InChI is InChI=1S/C20H23ClO4/c1-24-18-3-2-13(9-16(18)21)17(22)10-25-20(23)19-14-5-11-4-12(7-14)8-15(19)6-11/h2-3,9,11-12,14-15,19H,4-8,10H2,1H3. The number of hydrogen-bond acceptors (Lipinski definition) is 4. The Bertz CT molecular complexity index is 671. The van der Waals surface area contributed by atoms with Crippen LogP contribution >= 0.6 is 11.6 Å². The number of hydrogen-bond donors (Lipinski definition) is 0. The van der Waals surface area contributed by atoms with Crippen molar-refractivity contribution in [3.05, 3.63) is 28.8 Å². The quantitative estimate of drug-likeness (QED) is 0.583. The van der Waals surface area contributed by atoms with Crippen LogP contribution in [0.2, 0.25) is 5.02 Å². The second kappa shape index (κ2) is 6.64. The lowest BCUT2D eigenvalue weighted by Gasteiger charge is -2.53. The molecule has 4 fully saturated rings. The van der Waals surface area contributed by atoms with E-state index >= 15 is 0 Å². The first kappa shape index (κ1) is 16.9. The van der Waals surface area contributed by atoms with Gasteiger partial charge in [-0.15, -0.1) is 0 Å². The maximum atomic E-state index is 12.6. The molecule has 1 aromatic rings. The van der Waals surface area contributed by atoms with Gasteiger partial charge in [0.25, 0.3) is 0 Å². The monoisotopic (exact) mass is 362 g/mol. The highest BCUT2D eigenvalue weighted by molar-refractivity contribution is 6.32. The molecule has 5 heteroatoms. The lowest BCUT2D eigenvalue weighted by atomic mass is 9.52. The van der Waals surface area contributed by atoms with Gasteiger partial charge in [0.05, 0.1) is 18.1 Å². The van der Waals surface area contributed by atoms with Crippen LogP contribution in [0.15, 0.2) is 18.2 Å². The Morgan fingerprint density at radius 2 is 1.72 bits per heavy atom. The maximum Gasteiger partial charge on any atom is 0.309 e. The van der Waals surface area contributed by atoms with Crippen LogP contribution in [0.5, 0.6) is 5.75 Å². The number of carbonyl (C=O) groups is 2. The normalized spacial score (nSPS) is 32.5. The van der Waals surface area contributed by atoms with Crippen LogP contribution in [0.4, 0.5) is 0 Å². The smallest absolute Gasteiger partial charge is 0.309 e. The van der Waals surface area contributed by atoms with Crippen LogP contribution in [0.1, 0.15) is 42.5 Å². The molecule has 4 bridgehead atoms. The summed E-state index contributed by atoms with van der Waals surface area (Å²) < 4.78 is 10.5. The minimum Gasteiger partial charge on any atom is -0.495 e. The number of rotatable bonds is 5. The predicted molar refractivity (Wildman–Crippen MR) is 93.8 cm³/mol. The Morgan fingerprint density at radius 3 is 2.28 bits per heavy atom. The fourth-order valence-electron chi connectivity index (χ4n) is 5.47. The number of halogens is 1. The third-order valence-corrected chi connectivity index (χ3v) is 6.61. The van der Waals surface area contributed by atoms with Gasteiger partial charge in [-0.2, -0.15) is 0 Å². The van der Waals surface area contributed by atoms with E-state index in [2.05, 4.69) is 0 Å². The van der Waals surface area contributed by atoms with Gasteiger partial charge < -0.3 is 9.47 Å². The first-order valence-corrected chi connectivity index (χ1v) is 9.46. The number of esters is 1. The number of ether oxygens (including phenoxy) is 2. The summed E-state index contributed by atoms with van der Waals surface area (Å²) in [6, 6.07) is 4.85. The van der Waals surface area contributed by atoms with Crippen molar-refractivity contribution in [1.82, 2.24) is 0 Å². The molecule has 5 rings (SSSR count). The minimum absolute atomic E-state index is 0.0000513. The van der Waals surface area contributed by atoms with Gasteiger partial charge in [0, 0.05) is 5.56 Å². The van der Waals surface area contributed by atoms with Crippen LogP contribution in [-0.4, -0.2) is 25.5 Å². The molecule has 4 nitrogen and oxygen atoms in total. The van der Waals surface area contributed by atoms with Crippen LogP contribution in [0, 0.1) is 29.6 Å². The lowest BCUT2D eigenvalue weighted by molar-refractivity contribution is -0.161. The number of ketones is 1. The van der Waals surface area contributed by atoms with Crippen LogP contribution in [0.3, 0.4) is 0 Å². The molecular formula is C20H23ClO4. The van der Waals surface area contributed by atoms with E-state index in [9.17, 15) is 9.59 Å². The summed E-state index contributed by atoms with van der Waals surface area (Å²) in [7, 11) is 1.52. The van der Waals surface area contributed by atoms with Crippen molar-refractivity contribution < 1.29 is 19.1 Å². The lowest BCUT2D eigenvalue weighted by Crippen LogP contribution is -2.48. The Labute approximate surface area is 152 Å². The molecule has 0 spiro atoms. The van der Waals surface area contributed by atoms with E-state index in [1.807, 2.05) is 0 Å². The first-order valence-electron chi connectivity index (χ1n) is 9.08. The van der Waals surface area contributed by atoms with Crippen molar-refractivity contribution in [2.45, 2.75) is 32.1 Å². The second-order valence-electron chi connectivity index (χ2n) is 7.84. The molecule has 0 saturated heterocycles. The summed E-state index contributed by atoms with van der Waals surface area (Å²) in [5.41, 5.74) is 0.434. The Hall–Kier alpha value is -1.55. The molecular weight excluding hydrogens is 340 g/mol. The maximum absolute atomic E-state index is 12.6. The highest BCUT2D eigenvalue weighted by atomic mass is 35.5. The number of Topliss-reactive ketones (excluding diaryl/α,β-unsaturated/α-hetero) is 1. The van der Waals surface area contributed by atoms with Crippen molar-refractivity contribution in [3.8, 4) is 5.75 Å². The van der Waals surface area contributed by atoms with E-state index < -0.39 is 0 Å². The Morgan fingerprint density at radius 1 is 1.08 bits per heavy atom. The fraction of sp³-hybridized carbons (Fsp3) is 0.600. The Kier molecular flexibility index (Phi) is 4.48. The second-order valence-corrected chi connectivity index (χ2v) is 8.24. The van der Waals surface area contributed by atoms with Crippen molar-refractivity contribution in [2.24, 2.45) is 29.6 Å². The van der Waals surface area contributed by atoms with Gasteiger partial charge in [-0.25, -0.2) is 0 Å². The molecule has 0 aromatic heterocycles. The van der Waals surface area contributed by atoms with Gasteiger partial charge in [-0.05, 0) is 74.0 Å². The summed E-state index contributed by atoms with van der Waals surface area (Å²) >= 11 is 6.06. The molecule has 0 aliphatic heterocycles. The highest BCUT2D eigenvalue weighted by Crippen LogP contribution is 2.56. The number of methoxy groups -OCH3 is 1. The largest absolute Gasteiger partial charge is 0.495 e. The molecule has 0 heterocycles. The van der Waals surface area contributed by atoms with Gasteiger partial charge in [-0.1, -0.05) is 11.6 Å². The molecule has 0 unspecified atom stereocenters. The summed E-state index contributed by atoms with van der Waals surface area (Å²) in [4.78, 5) is 24.9. The summed E-state index contributed by atoms with van der Waals surface area (Å²) in [6.07, 6.45) is 6.00. The zero-order valence-electron chi connectivity index (χ0n) is 14.4. The van der Waals surface area contributed by atoms with Crippen molar-refractivity contribution >= 4 is 23.4 Å². The third-order valence-electron chi connectivity index (χ3n) is 6.32. The summed E-state index contributed by atoms with van der Waals surface area (Å²) in [5.74, 6) is 2.67. The van der Waals surface area contributed by atoms with Crippen molar-refractivity contribution in [3.63, 3.8) is 0 Å². The van der Waals surface area contributed by atoms with Gasteiger partial charge in [0.2, 0.25) is 0 Å². The molecule has 1 aromatic carbocycles. The van der Waals surface area contributed by atoms with Crippen molar-refractivity contribution in [2.75, 3.05) is 13.7 Å². The van der Waals surface area contributed by atoms with E-state index in [1.54, 1.807) is 18.2 Å². The third kappa shape index (κ3) is 3.17. The van der Waals surface area contributed by atoms with Crippen LogP contribution in [0.25, 0.3) is 0 Å². The molecule has 0 amide bonds. The topological polar surface area (TPSA) is 52.6 Å². The van der Waals surface area contributed by atoms with Crippen molar-refractivity contribution in [1.29, 1.82) is 0 Å². The van der Waals surface area contributed by atoms with E-state index in [1.165, 1.54) is 13.5 Å². The van der Waals surface area contributed by atoms with E-state index in [4.69, 9.17) is 21.1 Å². The van der Waals surface area contributed by atoms with E-state index in [0.29, 0.717) is 28.2 Å². The zero-order chi connectivity index (χ0) is 17.6. The molecule has 4 saturated carbocycles. The SMILES string of the molecule is COc1ccc(C(=O)COC(=O)C2C3CC4CC(C3)CC2C4)cc1Cl. The molecule has 0 radical (unpaired) electrons. The highest BCUT2D eigenvalue weighted by Gasteiger charge is 2.51. The predicted octanol–water partition coefficient (Wildman–Crippen LogP) is 4.15. The minimum atomic E-state index is -0.235. The molecule has 4 aliphatic rings. The van der Waals surface area contributed by atoms with Gasteiger partial charge in [0.15, 0.2) is 12.4 Å². The van der Waals surface area contributed by atoms with Gasteiger partial charge in [-0.3, -0.25) is 9.59 Å². The van der Waals surface area contributed by atoms with Crippen LogP contribution < -0.4 is 4.74 Å². The Balaban J connectivity index is 1.37. The van der Waals surface area contributed by atoms with E-state index in [0.717, 1.165) is 37.5 Å². The van der Waals surface area contributed by atoms with Crippen LogP contribution in [-0.2, 0) is 9.53 Å². The average Bonchev–Trinajstić information content (AvgIpc) is 2.58.